The van der Waals surface area contributed by atoms with Gasteiger partial charge in [0.2, 0.25) is 0 Å². The summed E-state index contributed by atoms with van der Waals surface area (Å²) in [6, 6.07) is 1.86. The van der Waals surface area contributed by atoms with Gasteiger partial charge in [-0.2, -0.15) is 0 Å². The quantitative estimate of drug-likeness (QED) is 0.806. The third kappa shape index (κ3) is 3.17. The number of nitrogens with zero attached hydrogens (tertiary/aromatic N) is 1. The fraction of sp³-hybridized carbons (Fsp3) is 0.500. The third-order valence-corrected chi connectivity index (χ3v) is 3.93. The summed E-state index contributed by atoms with van der Waals surface area (Å²) in [5.41, 5.74) is 1.21. The fourth-order valence-electron chi connectivity index (χ4n) is 2.66. The zero-order valence-electron chi connectivity index (χ0n) is 11.9. The fourth-order valence-corrected chi connectivity index (χ4v) is 2.66. The second-order valence-electron chi connectivity index (χ2n) is 5.79. The first-order valence-electron chi connectivity index (χ1n) is 6.89. The summed E-state index contributed by atoms with van der Waals surface area (Å²) < 4.78 is 0. The summed E-state index contributed by atoms with van der Waals surface area (Å²) in [6.07, 6.45) is 6.43. The average molecular weight is 272 g/mol. The highest BCUT2D eigenvalue weighted by atomic mass is 16.2. The van der Waals surface area contributed by atoms with Crippen LogP contribution < -0.4 is 5.32 Å². The molecule has 4 nitrogen and oxygen atoms in total. The third-order valence-electron chi connectivity index (χ3n) is 3.93. The van der Waals surface area contributed by atoms with E-state index in [0.29, 0.717) is 11.1 Å². The number of carbonyl (C=O) groups excluding carboxylic acids is 1. The molecule has 0 spiro atoms. The topological polar surface area (TPSA) is 62.2 Å². The van der Waals surface area contributed by atoms with Gasteiger partial charge in [-0.1, -0.05) is 32.1 Å². The Hall–Kier alpha value is -1.86. The molecule has 0 radical (unpaired) electrons. The largest absolute Gasteiger partial charge is 0.384 e. The van der Waals surface area contributed by atoms with Gasteiger partial charge in [-0.3, -0.25) is 9.78 Å². The van der Waals surface area contributed by atoms with Gasteiger partial charge in [0, 0.05) is 18.4 Å². The minimum absolute atomic E-state index is 0.116. The molecule has 0 aliphatic heterocycles. The van der Waals surface area contributed by atoms with Crippen molar-refractivity contribution in [2.24, 2.45) is 5.41 Å². The number of aromatic nitrogens is 1. The van der Waals surface area contributed by atoms with E-state index in [-0.39, 0.29) is 24.0 Å². The number of pyridine rings is 1. The Kier molecular flexibility index (Phi) is 4.41. The molecule has 1 amide bonds. The van der Waals surface area contributed by atoms with Crippen molar-refractivity contribution >= 4 is 5.91 Å². The SMILES string of the molecule is CC1(C)CCCC1NC(=O)c1ccncc1C#CCO. The Morgan fingerprint density at radius 2 is 2.40 bits per heavy atom. The highest BCUT2D eigenvalue weighted by Gasteiger charge is 2.35. The normalized spacial score (nSPS) is 20.1. The number of hydrogen-bond donors (Lipinski definition) is 2. The first kappa shape index (κ1) is 14.5. The van der Waals surface area contributed by atoms with Gasteiger partial charge in [-0.15, -0.1) is 0 Å². The van der Waals surface area contributed by atoms with Gasteiger partial charge in [0.05, 0.1) is 11.1 Å². The molecule has 2 rings (SSSR count). The zero-order chi connectivity index (χ0) is 14.6. The van der Waals surface area contributed by atoms with E-state index in [4.69, 9.17) is 5.11 Å². The van der Waals surface area contributed by atoms with E-state index >= 15 is 0 Å². The Bertz CT molecular complexity index is 555. The number of rotatable bonds is 2. The zero-order valence-corrected chi connectivity index (χ0v) is 11.9. The smallest absolute Gasteiger partial charge is 0.252 e. The van der Waals surface area contributed by atoms with Crippen LogP contribution in [0.25, 0.3) is 0 Å². The van der Waals surface area contributed by atoms with Crippen LogP contribution >= 0.6 is 0 Å². The molecule has 1 saturated carbocycles. The summed E-state index contributed by atoms with van der Waals surface area (Å²) in [6.45, 7) is 4.14. The lowest BCUT2D eigenvalue weighted by molar-refractivity contribution is 0.0909. The van der Waals surface area contributed by atoms with Crippen LogP contribution in [0.4, 0.5) is 0 Å². The van der Waals surface area contributed by atoms with Gasteiger partial charge in [0.15, 0.2) is 0 Å². The van der Waals surface area contributed by atoms with E-state index in [9.17, 15) is 4.79 Å². The summed E-state index contributed by atoms with van der Waals surface area (Å²) in [7, 11) is 0. The van der Waals surface area contributed by atoms with Crippen LogP contribution in [0.5, 0.6) is 0 Å². The molecular formula is C16H20N2O2. The van der Waals surface area contributed by atoms with Gasteiger partial charge in [-0.25, -0.2) is 0 Å². The number of nitrogens with one attached hydrogen (secondary N) is 1. The Labute approximate surface area is 119 Å². The van der Waals surface area contributed by atoms with Crippen LogP contribution in [0.3, 0.4) is 0 Å². The minimum atomic E-state index is -0.231. The average Bonchev–Trinajstić information content (AvgIpc) is 2.76. The van der Waals surface area contributed by atoms with Gasteiger partial charge < -0.3 is 10.4 Å². The number of hydrogen-bond acceptors (Lipinski definition) is 3. The summed E-state index contributed by atoms with van der Waals surface area (Å²) in [5, 5.41) is 11.9. The van der Waals surface area contributed by atoms with E-state index in [1.54, 1.807) is 18.5 Å². The molecule has 106 valence electrons. The molecule has 4 heteroatoms. The van der Waals surface area contributed by atoms with E-state index in [1.165, 1.54) is 0 Å². The summed E-state index contributed by atoms with van der Waals surface area (Å²) in [4.78, 5) is 16.4. The van der Waals surface area contributed by atoms with Gasteiger partial charge in [0.25, 0.3) is 5.91 Å². The first-order chi connectivity index (χ1) is 9.54. The molecule has 0 saturated heterocycles. The Morgan fingerprint density at radius 1 is 1.60 bits per heavy atom. The second-order valence-corrected chi connectivity index (χ2v) is 5.79. The predicted molar refractivity (Wildman–Crippen MR) is 77.1 cm³/mol. The number of amides is 1. The monoisotopic (exact) mass is 272 g/mol. The van der Waals surface area contributed by atoms with Crippen LogP contribution in [0.2, 0.25) is 0 Å². The molecule has 2 N–H and O–H groups in total. The van der Waals surface area contributed by atoms with E-state index in [2.05, 4.69) is 36.0 Å². The van der Waals surface area contributed by atoms with Crippen LogP contribution in [-0.2, 0) is 0 Å². The first-order valence-corrected chi connectivity index (χ1v) is 6.89. The molecule has 1 heterocycles. The van der Waals surface area contributed by atoms with Crippen molar-refractivity contribution in [3.8, 4) is 11.8 Å². The molecule has 0 aromatic carbocycles. The van der Waals surface area contributed by atoms with Crippen LogP contribution in [-0.4, -0.2) is 28.6 Å². The molecule has 1 aliphatic rings. The van der Waals surface area contributed by atoms with E-state index in [0.717, 1.165) is 19.3 Å². The lowest BCUT2D eigenvalue weighted by Crippen LogP contribution is -2.41. The van der Waals surface area contributed by atoms with Crippen molar-refractivity contribution in [2.45, 2.75) is 39.2 Å². The molecular weight excluding hydrogens is 252 g/mol. The van der Waals surface area contributed by atoms with Crippen molar-refractivity contribution in [1.82, 2.24) is 10.3 Å². The molecule has 1 aromatic heterocycles. The van der Waals surface area contributed by atoms with Crippen molar-refractivity contribution in [3.63, 3.8) is 0 Å². The van der Waals surface area contributed by atoms with Crippen molar-refractivity contribution in [2.75, 3.05) is 6.61 Å². The highest BCUT2D eigenvalue weighted by molar-refractivity contribution is 5.96. The van der Waals surface area contributed by atoms with Crippen LogP contribution in [0.1, 0.15) is 49.0 Å². The molecule has 1 aliphatic carbocycles. The summed E-state index contributed by atoms with van der Waals surface area (Å²) in [5.74, 6) is 5.21. The number of aliphatic hydroxyl groups is 1. The lowest BCUT2D eigenvalue weighted by atomic mass is 9.87. The lowest BCUT2D eigenvalue weighted by Gasteiger charge is -2.27. The molecule has 1 fully saturated rings. The second kappa shape index (κ2) is 6.06. The van der Waals surface area contributed by atoms with Crippen molar-refractivity contribution in [1.29, 1.82) is 0 Å². The Balaban J connectivity index is 2.17. The molecule has 1 atom stereocenters. The van der Waals surface area contributed by atoms with Gasteiger partial charge >= 0.3 is 0 Å². The molecule has 20 heavy (non-hydrogen) atoms. The van der Waals surface area contributed by atoms with Crippen LogP contribution in [0.15, 0.2) is 18.5 Å². The van der Waals surface area contributed by atoms with Gasteiger partial charge in [0.1, 0.15) is 6.61 Å². The van der Waals surface area contributed by atoms with Gasteiger partial charge in [-0.05, 0) is 24.3 Å². The number of carbonyl (C=O) groups is 1. The maximum absolute atomic E-state index is 12.4. The summed E-state index contributed by atoms with van der Waals surface area (Å²) >= 11 is 0. The standard InChI is InChI=1S/C16H20N2O2/c1-16(2)8-3-6-14(16)18-15(20)13-7-9-17-11-12(13)5-4-10-19/h7,9,11,14,19H,3,6,8,10H2,1-2H3,(H,18,20). The van der Waals surface area contributed by atoms with E-state index in [1.807, 2.05) is 0 Å². The maximum atomic E-state index is 12.4. The van der Waals surface area contributed by atoms with Crippen molar-refractivity contribution in [3.05, 3.63) is 29.6 Å². The molecule has 1 aromatic rings. The highest BCUT2D eigenvalue weighted by Crippen LogP contribution is 2.37. The minimum Gasteiger partial charge on any atom is -0.384 e. The molecule has 1 unspecified atom stereocenters. The van der Waals surface area contributed by atoms with E-state index < -0.39 is 0 Å². The molecule has 0 bridgehead atoms. The van der Waals surface area contributed by atoms with Crippen molar-refractivity contribution < 1.29 is 9.90 Å². The predicted octanol–water partition coefficient (Wildman–Crippen LogP) is 1.73. The maximum Gasteiger partial charge on any atom is 0.252 e. The van der Waals surface area contributed by atoms with Crippen LogP contribution in [0, 0.1) is 17.3 Å². The Morgan fingerprint density at radius 3 is 3.05 bits per heavy atom. The number of aliphatic hydroxyl groups excluding tert-OH is 1.